The summed E-state index contributed by atoms with van der Waals surface area (Å²) in [6.45, 7) is 0. The van der Waals surface area contributed by atoms with E-state index >= 15 is 0 Å². The zero-order valence-corrected chi connectivity index (χ0v) is 12.4. The molecule has 5 heteroatoms. The summed E-state index contributed by atoms with van der Waals surface area (Å²) in [4.78, 5) is 15.2. The van der Waals surface area contributed by atoms with Gasteiger partial charge in [-0.3, -0.25) is 4.98 Å². The Labute approximate surface area is 125 Å². The molecule has 2 aromatic rings. The molecule has 1 unspecified atom stereocenters. The van der Waals surface area contributed by atoms with Crippen molar-refractivity contribution >= 4 is 0 Å². The Morgan fingerprint density at radius 2 is 1.90 bits per heavy atom. The molecule has 0 radical (unpaired) electrons. The highest BCUT2D eigenvalue weighted by atomic mass is 16.5. The van der Waals surface area contributed by atoms with Crippen LogP contribution in [0.25, 0.3) is 11.3 Å². The monoisotopic (exact) mass is 284 g/mol. The van der Waals surface area contributed by atoms with Gasteiger partial charge in [-0.15, -0.1) is 0 Å². The summed E-state index contributed by atoms with van der Waals surface area (Å²) in [7, 11) is 4.19. The second-order valence-corrected chi connectivity index (χ2v) is 5.59. The maximum atomic E-state index is 5.96. The van der Waals surface area contributed by atoms with Gasteiger partial charge < -0.3 is 9.64 Å². The van der Waals surface area contributed by atoms with Gasteiger partial charge in [0.15, 0.2) is 0 Å². The summed E-state index contributed by atoms with van der Waals surface area (Å²) in [5, 5.41) is 0. The largest absolute Gasteiger partial charge is 0.458 e. The van der Waals surface area contributed by atoms with E-state index in [1.54, 1.807) is 18.6 Å². The van der Waals surface area contributed by atoms with Crippen LogP contribution >= 0.6 is 0 Å². The molecule has 1 aliphatic rings. The predicted molar refractivity (Wildman–Crippen MR) is 81.0 cm³/mol. The molecule has 1 fully saturated rings. The molecule has 0 spiro atoms. The topological polar surface area (TPSA) is 51.1 Å². The second kappa shape index (κ2) is 6.18. The average Bonchev–Trinajstić information content (AvgIpc) is 2.97. The van der Waals surface area contributed by atoms with E-state index in [-0.39, 0.29) is 6.10 Å². The SMILES string of the molecule is CN(C)C1CCC[C@H]1Oc1ncc(-c2ccccn2)cn1. The van der Waals surface area contributed by atoms with Gasteiger partial charge in [0.2, 0.25) is 0 Å². The van der Waals surface area contributed by atoms with Crippen LogP contribution in [0.3, 0.4) is 0 Å². The van der Waals surface area contributed by atoms with E-state index in [0.717, 1.165) is 17.7 Å². The van der Waals surface area contributed by atoms with Gasteiger partial charge in [0.05, 0.1) is 5.69 Å². The zero-order valence-electron chi connectivity index (χ0n) is 12.4. The summed E-state index contributed by atoms with van der Waals surface area (Å²) < 4.78 is 5.96. The number of ether oxygens (including phenoxy) is 1. The van der Waals surface area contributed by atoms with Crippen LogP contribution < -0.4 is 4.74 Å². The molecule has 0 aromatic carbocycles. The Kier molecular flexibility index (Phi) is 4.10. The standard InChI is InChI=1S/C16H20N4O/c1-20(2)14-7-5-8-15(14)21-16-18-10-12(11-19-16)13-6-3-4-9-17-13/h3-4,6,9-11,14-15H,5,7-8H2,1-2H3/t14?,15-/m1/s1. The van der Waals surface area contributed by atoms with E-state index < -0.39 is 0 Å². The number of nitrogens with zero attached hydrogens (tertiary/aromatic N) is 4. The van der Waals surface area contributed by atoms with Crippen molar-refractivity contribution in [1.29, 1.82) is 0 Å². The van der Waals surface area contributed by atoms with Gasteiger partial charge in [-0.1, -0.05) is 6.07 Å². The van der Waals surface area contributed by atoms with Crippen molar-refractivity contribution in [1.82, 2.24) is 19.9 Å². The van der Waals surface area contributed by atoms with Crippen molar-refractivity contribution in [3.63, 3.8) is 0 Å². The minimum atomic E-state index is 0.181. The maximum absolute atomic E-state index is 5.96. The summed E-state index contributed by atoms with van der Waals surface area (Å²) in [5.74, 6) is 0. The first-order valence-corrected chi connectivity index (χ1v) is 7.30. The fourth-order valence-corrected chi connectivity index (χ4v) is 2.81. The number of pyridine rings is 1. The number of aromatic nitrogens is 3. The van der Waals surface area contributed by atoms with Gasteiger partial charge in [-0.2, -0.15) is 0 Å². The Morgan fingerprint density at radius 3 is 2.57 bits per heavy atom. The highest BCUT2D eigenvalue weighted by Crippen LogP contribution is 2.26. The first kappa shape index (κ1) is 13.9. The Balaban J connectivity index is 1.70. The van der Waals surface area contributed by atoms with Gasteiger partial charge in [-0.25, -0.2) is 9.97 Å². The number of likely N-dealkylation sites (N-methyl/N-ethyl adjacent to an activating group) is 1. The van der Waals surface area contributed by atoms with Crippen molar-refractivity contribution in [2.75, 3.05) is 14.1 Å². The lowest BCUT2D eigenvalue weighted by Crippen LogP contribution is -2.38. The normalized spacial score (nSPS) is 21.7. The number of hydrogen-bond donors (Lipinski definition) is 0. The highest BCUT2D eigenvalue weighted by Gasteiger charge is 2.31. The third-order valence-corrected chi connectivity index (χ3v) is 3.93. The lowest BCUT2D eigenvalue weighted by molar-refractivity contribution is 0.111. The quantitative estimate of drug-likeness (QED) is 0.863. The van der Waals surface area contributed by atoms with Gasteiger partial charge >= 0.3 is 6.01 Å². The molecule has 3 rings (SSSR count). The van der Waals surface area contributed by atoms with E-state index in [1.807, 2.05) is 18.2 Å². The fourth-order valence-electron chi connectivity index (χ4n) is 2.81. The van der Waals surface area contributed by atoms with Gasteiger partial charge in [0.1, 0.15) is 6.10 Å². The van der Waals surface area contributed by atoms with Crippen molar-refractivity contribution in [3.05, 3.63) is 36.8 Å². The second-order valence-electron chi connectivity index (χ2n) is 5.59. The first-order chi connectivity index (χ1) is 10.2. The lowest BCUT2D eigenvalue weighted by atomic mass is 10.2. The average molecular weight is 284 g/mol. The van der Waals surface area contributed by atoms with E-state index in [4.69, 9.17) is 4.74 Å². The van der Waals surface area contributed by atoms with Crippen molar-refractivity contribution < 1.29 is 4.74 Å². The lowest BCUT2D eigenvalue weighted by Gasteiger charge is -2.25. The Morgan fingerprint density at radius 1 is 1.10 bits per heavy atom. The fraction of sp³-hybridized carbons (Fsp3) is 0.438. The smallest absolute Gasteiger partial charge is 0.316 e. The van der Waals surface area contributed by atoms with Crippen LogP contribution in [0.5, 0.6) is 6.01 Å². The van der Waals surface area contributed by atoms with Crippen molar-refractivity contribution in [3.8, 4) is 17.3 Å². The molecule has 2 heterocycles. The van der Waals surface area contributed by atoms with Crippen LogP contribution in [0.15, 0.2) is 36.8 Å². The van der Waals surface area contributed by atoms with Crippen LogP contribution in [-0.2, 0) is 0 Å². The maximum Gasteiger partial charge on any atom is 0.316 e. The minimum Gasteiger partial charge on any atom is -0.458 e. The van der Waals surface area contributed by atoms with Crippen LogP contribution in [0.4, 0.5) is 0 Å². The Hall–Kier alpha value is -2.01. The molecule has 21 heavy (non-hydrogen) atoms. The summed E-state index contributed by atoms with van der Waals surface area (Å²) in [6, 6.07) is 6.69. The van der Waals surface area contributed by atoms with Gasteiger partial charge in [0.25, 0.3) is 0 Å². The summed E-state index contributed by atoms with van der Waals surface area (Å²) >= 11 is 0. The molecule has 110 valence electrons. The first-order valence-electron chi connectivity index (χ1n) is 7.30. The van der Waals surface area contributed by atoms with Crippen LogP contribution in [0.2, 0.25) is 0 Å². The molecule has 0 aliphatic heterocycles. The third kappa shape index (κ3) is 3.19. The molecular weight excluding hydrogens is 264 g/mol. The molecule has 2 atom stereocenters. The van der Waals surface area contributed by atoms with Crippen molar-refractivity contribution in [2.45, 2.75) is 31.4 Å². The van der Waals surface area contributed by atoms with Crippen LogP contribution in [0, 0.1) is 0 Å². The van der Waals surface area contributed by atoms with E-state index in [2.05, 4.69) is 33.9 Å². The predicted octanol–water partition coefficient (Wildman–Crippen LogP) is 2.40. The van der Waals surface area contributed by atoms with E-state index in [1.165, 1.54) is 12.8 Å². The summed E-state index contributed by atoms with van der Waals surface area (Å²) in [6.07, 6.45) is 8.91. The molecule has 5 nitrogen and oxygen atoms in total. The molecule has 1 aliphatic carbocycles. The molecule has 2 aromatic heterocycles. The summed E-state index contributed by atoms with van der Waals surface area (Å²) in [5.41, 5.74) is 1.77. The molecule has 0 bridgehead atoms. The van der Waals surface area contributed by atoms with Gasteiger partial charge in [-0.05, 0) is 45.5 Å². The number of hydrogen-bond acceptors (Lipinski definition) is 5. The van der Waals surface area contributed by atoms with Crippen molar-refractivity contribution in [2.24, 2.45) is 0 Å². The van der Waals surface area contributed by atoms with Crippen LogP contribution in [-0.4, -0.2) is 46.1 Å². The van der Waals surface area contributed by atoms with E-state index in [9.17, 15) is 0 Å². The third-order valence-electron chi connectivity index (χ3n) is 3.93. The minimum absolute atomic E-state index is 0.181. The van der Waals surface area contributed by atoms with E-state index in [0.29, 0.717) is 12.1 Å². The molecule has 0 saturated heterocycles. The zero-order chi connectivity index (χ0) is 14.7. The highest BCUT2D eigenvalue weighted by molar-refractivity contribution is 5.56. The molecule has 0 amide bonds. The van der Waals surface area contributed by atoms with Gasteiger partial charge in [0, 0.05) is 30.2 Å². The molecule has 0 N–H and O–H groups in total. The number of rotatable bonds is 4. The molecule has 1 saturated carbocycles. The van der Waals surface area contributed by atoms with Crippen LogP contribution in [0.1, 0.15) is 19.3 Å². The molecular formula is C16H20N4O. The Bertz CT molecular complexity index is 571.